The van der Waals surface area contributed by atoms with Crippen molar-refractivity contribution >= 4 is 15.9 Å². The van der Waals surface area contributed by atoms with Gasteiger partial charge in [0.25, 0.3) is 0 Å². The van der Waals surface area contributed by atoms with Gasteiger partial charge in [0.1, 0.15) is 5.75 Å². The Morgan fingerprint density at radius 2 is 2.32 bits per heavy atom. The third-order valence-electron chi connectivity index (χ3n) is 4.28. The van der Waals surface area contributed by atoms with Crippen molar-refractivity contribution in [3.05, 3.63) is 27.7 Å². The third-order valence-corrected chi connectivity index (χ3v) is 4.73. The average Bonchev–Trinajstić information content (AvgIpc) is 2.82. The highest BCUT2D eigenvalue weighted by atomic mass is 79.9. The van der Waals surface area contributed by atoms with Gasteiger partial charge < -0.3 is 10.5 Å². The number of benzene rings is 1. The van der Waals surface area contributed by atoms with E-state index >= 15 is 0 Å². The zero-order valence-electron chi connectivity index (χ0n) is 11.4. The van der Waals surface area contributed by atoms with E-state index in [1.54, 1.807) is 0 Å². The van der Waals surface area contributed by atoms with Gasteiger partial charge in [-0.15, -0.1) is 0 Å². The maximum Gasteiger partial charge on any atom is 0.127 e. The van der Waals surface area contributed by atoms with Gasteiger partial charge in [-0.2, -0.15) is 0 Å². The lowest BCUT2D eigenvalue weighted by Crippen LogP contribution is -2.45. The zero-order chi connectivity index (χ0) is 13.4. The van der Waals surface area contributed by atoms with Gasteiger partial charge in [0.05, 0.1) is 6.61 Å². The predicted octanol–water partition coefficient (Wildman–Crippen LogP) is 2.55. The van der Waals surface area contributed by atoms with E-state index in [0.717, 1.165) is 49.3 Å². The van der Waals surface area contributed by atoms with Gasteiger partial charge in [-0.05, 0) is 36.6 Å². The van der Waals surface area contributed by atoms with Gasteiger partial charge in [-0.1, -0.05) is 22.9 Å². The number of likely N-dealkylation sites (tertiary alicyclic amines) is 1. The quantitative estimate of drug-likeness (QED) is 0.908. The van der Waals surface area contributed by atoms with Gasteiger partial charge in [0.2, 0.25) is 0 Å². The minimum atomic E-state index is 0.362. The van der Waals surface area contributed by atoms with Gasteiger partial charge in [0, 0.05) is 35.6 Å². The van der Waals surface area contributed by atoms with Crippen molar-refractivity contribution in [2.24, 2.45) is 11.7 Å². The van der Waals surface area contributed by atoms with E-state index in [9.17, 15) is 0 Å². The summed E-state index contributed by atoms with van der Waals surface area (Å²) in [4.78, 5) is 2.50. The maximum atomic E-state index is 6.09. The molecule has 4 heteroatoms. The van der Waals surface area contributed by atoms with Crippen molar-refractivity contribution in [1.82, 2.24) is 4.90 Å². The molecule has 0 amide bonds. The molecule has 2 unspecified atom stereocenters. The second kappa shape index (κ2) is 5.43. The molecule has 2 aliphatic heterocycles. The summed E-state index contributed by atoms with van der Waals surface area (Å²) in [6, 6.07) is 4.74. The molecule has 1 saturated heterocycles. The van der Waals surface area contributed by atoms with Crippen molar-refractivity contribution in [2.45, 2.75) is 32.4 Å². The number of halogens is 1. The molecule has 104 valence electrons. The number of fused-ring (bicyclic) bond motifs is 1. The minimum absolute atomic E-state index is 0.362. The highest BCUT2D eigenvalue weighted by molar-refractivity contribution is 9.10. The smallest absolute Gasteiger partial charge is 0.127 e. The molecule has 1 fully saturated rings. The second-order valence-corrected chi connectivity index (χ2v) is 6.73. The number of hydrogen-bond acceptors (Lipinski definition) is 3. The number of nitrogens with zero attached hydrogens (tertiary/aromatic N) is 1. The van der Waals surface area contributed by atoms with Crippen LogP contribution < -0.4 is 10.5 Å². The molecule has 2 aliphatic rings. The summed E-state index contributed by atoms with van der Waals surface area (Å²) in [6.07, 6.45) is 2.13. The lowest BCUT2D eigenvalue weighted by molar-refractivity contribution is 0.156. The summed E-state index contributed by atoms with van der Waals surface area (Å²) in [5.41, 5.74) is 8.74. The molecule has 0 aliphatic carbocycles. The molecule has 0 bridgehead atoms. The van der Waals surface area contributed by atoms with Crippen LogP contribution in [0.2, 0.25) is 0 Å². The Hall–Kier alpha value is -0.580. The first-order valence-electron chi connectivity index (χ1n) is 7.05. The molecule has 1 aromatic rings. The van der Waals surface area contributed by atoms with E-state index in [1.807, 2.05) is 0 Å². The van der Waals surface area contributed by atoms with E-state index in [2.05, 4.69) is 39.9 Å². The topological polar surface area (TPSA) is 38.5 Å². The summed E-state index contributed by atoms with van der Waals surface area (Å²) in [5.74, 6) is 1.69. The van der Waals surface area contributed by atoms with Crippen molar-refractivity contribution < 1.29 is 4.74 Å². The van der Waals surface area contributed by atoms with Crippen molar-refractivity contribution in [2.75, 3.05) is 19.7 Å². The predicted molar refractivity (Wildman–Crippen MR) is 80.4 cm³/mol. The highest BCUT2D eigenvalue weighted by Crippen LogP contribution is 2.34. The van der Waals surface area contributed by atoms with Crippen LogP contribution in [0.4, 0.5) is 0 Å². The number of ether oxygens (including phenoxy) is 1. The van der Waals surface area contributed by atoms with Crippen LogP contribution in [0.15, 0.2) is 16.6 Å². The second-order valence-electron chi connectivity index (χ2n) is 5.82. The van der Waals surface area contributed by atoms with Crippen LogP contribution >= 0.6 is 15.9 Å². The summed E-state index contributed by atoms with van der Waals surface area (Å²) < 4.78 is 6.96. The molecule has 19 heavy (non-hydrogen) atoms. The lowest BCUT2D eigenvalue weighted by atomic mass is 9.94. The summed E-state index contributed by atoms with van der Waals surface area (Å²) in [5, 5.41) is 0. The molecule has 2 heterocycles. The van der Waals surface area contributed by atoms with Crippen molar-refractivity contribution in [3.63, 3.8) is 0 Å². The van der Waals surface area contributed by atoms with Crippen LogP contribution in [0, 0.1) is 5.92 Å². The highest BCUT2D eigenvalue weighted by Gasteiger charge is 2.25. The van der Waals surface area contributed by atoms with Crippen LogP contribution in [-0.4, -0.2) is 30.6 Å². The fourth-order valence-corrected chi connectivity index (χ4v) is 3.65. The fourth-order valence-electron chi connectivity index (χ4n) is 3.10. The first kappa shape index (κ1) is 13.4. The normalized spacial score (nSPS) is 27.1. The average molecular weight is 325 g/mol. The Labute approximate surface area is 123 Å². The SMILES string of the molecule is CC1CN(Cc2cc(Br)cc3c2OCC3)CCC1N. The molecule has 1 aromatic carbocycles. The molecule has 3 nitrogen and oxygen atoms in total. The molecule has 0 aromatic heterocycles. The molecule has 3 rings (SSSR count). The van der Waals surface area contributed by atoms with E-state index in [-0.39, 0.29) is 0 Å². The monoisotopic (exact) mass is 324 g/mol. The molecule has 0 spiro atoms. The lowest BCUT2D eigenvalue weighted by Gasteiger charge is -2.35. The largest absolute Gasteiger partial charge is 0.493 e. The van der Waals surface area contributed by atoms with E-state index in [1.165, 1.54) is 11.1 Å². The van der Waals surface area contributed by atoms with Crippen molar-refractivity contribution in [1.29, 1.82) is 0 Å². The molecule has 0 radical (unpaired) electrons. The summed E-state index contributed by atoms with van der Waals surface area (Å²) in [6.45, 7) is 6.22. The summed E-state index contributed by atoms with van der Waals surface area (Å²) in [7, 11) is 0. The molecule has 2 atom stereocenters. The van der Waals surface area contributed by atoms with Gasteiger partial charge in [-0.3, -0.25) is 4.90 Å². The third kappa shape index (κ3) is 2.81. The summed E-state index contributed by atoms with van der Waals surface area (Å²) >= 11 is 3.61. The van der Waals surface area contributed by atoms with Crippen LogP contribution in [-0.2, 0) is 13.0 Å². The Morgan fingerprint density at radius 3 is 3.11 bits per heavy atom. The van der Waals surface area contributed by atoms with Gasteiger partial charge in [0.15, 0.2) is 0 Å². The standard InChI is InChI=1S/C15H21BrN2O/c1-10-8-18(4-2-14(10)17)9-12-7-13(16)6-11-3-5-19-15(11)12/h6-7,10,14H,2-5,8-9,17H2,1H3. The first-order valence-corrected chi connectivity index (χ1v) is 7.85. The molecule has 0 saturated carbocycles. The number of piperidine rings is 1. The zero-order valence-corrected chi connectivity index (χ0v) is 12.9. The Bertz CT molecular complexity index is 477. The molecular formula is C15H21BrN2O. The molecule has 2 N–H and O–H groups in total. The Balaban J connectivity index is 1.77. The van der Waals surface area contributed by atoms with E-state index in [0.29, 0.717) is 12.0 Å². The Kier molecular flexibility index (Phi) is 3.83. The maximum absolute atomic E-state index is 6.09. The minimum Gasteiger partial charge on any atom is -0.493 e. The van der Waals surface area contributed by atoms with Crippen LogP contribution in [0.25, 0.3) is 0 Å². The first-order chi connectivity index (χ1) is 9.13. The fraction of sp³-hybridized carbons (Fsp3) is 0.600. The van der Waals surface area contributed by atoms with E-state index in [4.69, 9.17) is 10.5 Å². The van der Waals surface area contributed by atoms with Crippen LogP contribution in [0.5, 0.6) is 5.75 Å². The van der Waals surface area contributed by atoms with Crippen LogP contribution in [0.1, 0.15) is 24.5 Å². The van der Waals surface area contributed by atoms with Gasteiger partial charge >= 0.3 is 0 Å². The molecular weight excluding hydrogens is 304 g/mol. The van der Waals surface area contributed by atoms with E-state index < -0.39 is 0 Å². The van der Waals surface area contributed by atoms with Gasteiger partial charge in [-0.25, -0.2) is 0 Å². The Morgan fingerprint density at radius 1 is 1.47 bits per heavy atom. The number of hydrogen-bond donors (Lipinski definition) is 1. The van der Waals surface area contributed by atoms with Crippen molar-refractivity contribution in [3.8, 4) is 5.75 Å². The van der Waals surface area contributed by atoms with Crippen LogP contribution in [0.3, 0.4) is 0 Å². The number of nitrogens with two attached hydrogens (primary N) is 1. The number of rotatable bonds is 2.